The van der Waals surface area contributed by atoms with E-state index in [1.165, 1.54) is 0 Å². The molecule has 0 bridgehead atoms. The zero-order valence-electron chi connectivity index (χ0n) is 14.7. The molecule has 5 heteroatoms. The van der Waals surface area contributed by atoms with Crippen molar-refractivity contribution in [2.24, 2.45) is 0 Å². The number of rotatable bonds is 5. The summed E-state index contributed by atoms with van der Waals surface area (Å²) in [5.41, 5.74) is 2.55. The number of benzene rings is 1. The van der Waals surface area contributed by atoms with Crippen LogP contribution in [0.15, 0.2) is 60.9 Å². The standard InChI is InChI=1S/C21H23N3O2/c25-19(16-7-2-1-3-8-16)14-18-9-6-12-24(18)21(26)13-17-15-23-11-5-4-10-20(23)22-17/h1-5,7-8,10-11,15,18-19,25H,6,9,12-14H2. The monoisotopic (exact) mass is 349 g/mol. The normalized spacial score (nSPS) is 18.3. The highest BCUT2D eigenvalue weighted by molar-refractivity contribution is 5.79. The summed E-state index contributed by atoms with van der Waals surface area (Å²) in [5.74, 6) is 0.0937. The van der Waals surface area contributed by atoms with Gasteiger partial charge in [-0.25, -0.2) is 4.98 Å². The van der Waals surface area contributed by atoms with E-state index in [0.29, 0.717) is 12.8 Å². The van der Waals surface area contributed by atoms with Gasteiger partial charge in [0.05, 0.1) is 18.2 Å². The highest BCUT2D eigenvalue weighted by Crippen LogP contribution is 2.28. The summed E-state index contributed by atoms with van der Waals surface area (Å²) in [6, 6.07) is 15.6. The number of hydrogen-bond acceptors (Lipinski definition) is 3. The predicted octanol–water partition coefficient (Wildman–Crippen LogP) is 2.99. The maximum Gasteiger partial charge on any atom is 0.228 e. The number of aliphatic hydroxyl groups excluding tert-OH is 1. The Kier molecular flexibility index (Phi) is 4.71. The number of aliphatic hydroxyl groups is 1. The van der Waals surface area contributed by atoms with Gasteiger partial charge in [0.1, 0.15) is 5.65 Å². The molecule has 1 N–H and O–H groups in total. The highest BCUT2D eigenvalue weighted by atomic mass is 16.3. The molecule has 4 rings (SSSR count). The van der Waals surface area contributed by atoms with E-state index in [1.807, 2.05) is 70.2 Å². The van der Waals surface area contributed by atoms with Crippen LogP contribution in [0.5, 0.6) is 0 Å². The molecule has 1 aromatic carbocycles. The largest absolute Gasteiger partial charge is 0.388 e. The van der Waals surface area contributed by atoms with Gasteiger partial charge < -0.3 is 14.4 Å². The molecule has 0 radical (unpaired) electrons. The molecule has 2 atom stereocenters. The Hall–Kier alpha value is -2.66. The molecule has 1 fully saturated rings. The topological polar surface area (TPSA) is 57.8 Å². The molecule has 1 aliphatic rings. The molecule has 3 aromatic rings. The number of hydrogen-bond donors (Lipinski definition) is 1. The Morgan fingerprint density at radius 3 is 2.81 bits per heavy atom. The second-order valence-corrected chi connectivity index (χ2v) is 6.92. The SMILES string of the molecule is O=C(Cc1cn2ccccc2n1)N1CCCC1CC(O)c1ccccc1. The summed E-state index contributed by atoms with van der Waals surface area (Å²) in [6.45, 7) is 0.762. The molecular weight excluding hydrogens is 326 g/mol. The minimum absolute atomic E-state index is 0.0923. The average molecular weight is 349 g/mol. The third-order valence-corrected chi connectivity index (χ3v) is 5.12. The second kappa shape index (κ2) is 7.30. The lowest BCUT2D eigenvalue weighted by atomic mass is 10.0. The number of carbonyl (C=O) groups is 1. The summed E-state index contributed by atoms with van der Waals surface area (Å²) in [5, 5.41) is 10.5. The zero-order chi connectivity index (χ0) is 17.9. The van der Waals surface area contributed by atoms with Crippen LogP contribution in [-0.2, 0) is 11.2 Å². The molecule has 1 amide bonds. The fourth-order valence-electron chi connectivity index (χ4n) is 3.81. The molecule has 1 saturated heterocycles. The van der Waals surface area contributed by atoms with E-state index in [4.69, 9.17) is 0 Å². The number of amides is 1. The van der Waals surface area contributed by atoms with Gasteiger partial charge in [-0.1, -0.05) is 36.4 Å². The highest BCUT2D eigenvalue weighted by Gasteiger charge is 2.30. The Bertz CT molecular complexity index is 857. The van der Waals surface area contributed by atoms with Crippen molar-refractivity contribution in [1.29, 1.82) is 0 Å². The van der Waals surface area contributed by atoms with Crippen LogP contribution in [0.3, 0.4) is 0 Å². The van der Waals surface area contributed by atoms with Crippen LogP contribution in [0.25, 0.3) is 5.65 Å². The van der Waals surface area contributed by atoms with Crippen LogP contribution < -0.4 is 0 Å². The van der Waals surface area contributed by atoms with Crippen molar-refractivity contribution in [3.05, 3.63) is 72.2 Å². The van der Waals surface area contributed by atoms with Crippen molar-refractivity contribution in [2.75, 3.05) is 6.54 Å². The van der Waals surface area contributed by atoms with Crippen LogP contribution in [-0.4, -0.2) is 37.9 Å². The van der Waals surface area contributed by atoms with Gasteiger partial charge in [-0.05, 0) is 37.0 Å². The van der Waals surface area contributed by atoms with E-state index in [0.717, 1.165) is 36.3 Å². The maximum absolute atomic E-state index is 12.8. The lowest BCUT2D eigenvalue weighted by Gasteiger charge is -2.26. The predicted molar refractivity (Wildman–Crippen MR) is 99.6 cm³/mol. The summed E-state index contributed by atoms with van der Waals surface area (Å²) in [6.07, 6.45) is 6.14. The molecule has 0 spiro atoms. The van der Waals surface area contributed by atoms with Crippen molar-refractivity contribution in [1.82, 2.24) is 14.3 Å². The number of fused-ring (bicyclic) bond motifs is 1. The van der Waals surface area contributed by atoms with Crippen LogP contribution in [0.1, 0.15) is 36.6 Å². The van der Waals surface area contributed by atoms with Crippen LogP contribution in [0, 0.1) is 0 Å². The maximum atomic E-state index is 12.8. The Labute approximate surface area is 152 Å². The van der Waals surface area contributed by atoms with Gasteiger partial charge >= 0.3 is 0 Å². The number of pyridine rings is 1. The lowest BCUT2D eigenvalue weighted by Crippen LogP contribution is -2.37. The number of carbonyl (C=O) groups excluding carboxylic acids is 1. The summed E-state index contributed by atoms with van der Waals surface area (Å²) in [7, 11) is 0. The zero-order valence-corrected chi connectivity index (χ0v) is 14.7. The number of likely N-dealkylation sites (tertiary alicyclic amines) is 1. The third-order valence-electron chi connectivity index (χ3n) is 5.12. The molecule has 0 saturated carbocycles. The van der Waals surface area contributed by atoms with Crippen LogP contribution >= 0.6 is 0 Å². The lowest BCUT2D eigenvalue weighted by molar-refractivity contribution is -0.131. The van der Waals surface area contributed by atoms with E-state index in [-0.39, 0.29) is 11.9 Å². The number of imidazole rings is 1. The summed E-state index contributed by atoms with van der Waals surface area (Å²) in [4.78, 5) is 19.3. The first-order valence-electron chi connectivity index (χ1n) is 9.16. The molecule has 1 aliphatic heterocycles. The smallest absolute Gasteiger partial charge is 0.228 e. The van der Waals surface area contributed by atoms with Crippen LogP contribution in [0.2, 0.25) is 0 Å². The Morgan fingerprint density at radius 2 is 2.00 bits per heavy atom. The van der Waals surface area contributed by atoms with E-state index in [9.17, 15) is 9.90 Å². The minimum Gasteiger partial charge on any atom is -0.388 e. The van der Waals surface area contributed by atoms with Crippen molar-refractivity contribution in [2.45, 2.75) is 37.8 Å². The molecule has 3 heterocycles. The van der Waals surface area contributed by atoms with Gasteiger partial charge in [-0.3, -0.25) is 4.79 Å². The van der Waals surface area contributed by atoms with Gasteiger partial charge in [0.15, 0.2) is 0 Å². The Balaban J connectivity index is 1.43. The van der Waals surface area contributed by atoms with Gasteiger partial charge in [-0.2, -0.15) is 0 Å². The van der Waals surface area contributed by atoms with Crippen molar-refractivity contribution >= 4 is 11.6 Å². The van der Waals surface area contributed by atoms with Crippen LogP contribution in [0.4, 0.5) is 0 Å². The second-order valence-electron chi connectivity index (χ2n) is 6.92. The van der Waals surface area contributed by atoms with E-state index in [2.05, 4.69) is 4.98 Å². The van der Waals surface area contributed by atoms with Gasteiger partial charge in [0, 0.05) is 25.0 Å². The minimum atomic E-state index is -0.537. The third kappa shape index (κ3) is 3.48. The fourth-order valence-corrected chi connectivity index (χ4v) is 3.81. The molecule has 0 aliphatic carbocycles. The summed E-state index contributed by atoms with van der Waals surface area (Å²) >= 11 is 0. The van der Waals surface area contributed by atoms with E-state index < -0.39 is 6.10 Å². The first kappa shape index (κ1) is 16.8. The molecule has 26 heavy (non-hydrogen) atoms. The quantitative estimate of drug-likeness (QED) is 0.770. The fraction of sp³-hybridized carbons (Fsp3) is 0.333. The van der Waals surface area contributed by atoms with E-state index >= 15 is 0 Å². The molecule has 5 nitrogen and oxygen atoms in total. The van der Waals surface area contributed by atoms with Gasteiger partial charge in [0.25, 0.3) is 0 Å². The van der Waals surface area contributed by atoms with Gasteiger partial charge in [-0.15, -0.1) is 0 Å². The number of aromatic nitrogens is 2. The summed E-state index contributed by atoms with van der Waals surface area (Å²) < 4.78 is 1.93. The van der Waals surface area contributed by atoms with Gasteiger partial charge in [0.2, 0.25) is 5.91 Å². The number of nitrogens with zero attached hydrogens (tertiary/aromatic N) is 3. The molecule has 134 valence electrons. The molecule has 2 unspecified atom stereocenters. The van der Waals surface area contributed by atoms with E-state index in [1.54, 1.807) is 0 Å². The van der Waals surface area contributed by atoms with Crippen molar-refractivity contribution < 1.29 is 9.90 Å². The Morgan fingerprint density at radius 1 is 1.19 bits per heavy atom. The molecule has 2 aromatic heterocycles. The molecular formula is C21H23N3O2. The van der Waals surface area contributed by atoms with Crippen molar-refractivity contribution in [3.8, 4) is 0 Å². The first-order valence-corrected chi connectivity index (χ1v) is 9.16. The van der Waals surface area contributed by atoms with Crippen molar-refractivity contribution in [3.63, 3.8) is 0 Å². The average Bonchev–Trinajstić information content (AvgIpc) is 3.28. The first-order chi connectivity index (χ1) is 12.7.